The highest BCUT2D eigenvalue weighted by molar-refractivity contribution is 5.85. The molecule has 22 heavy (non-hydrogen) atoms. The largest absolute Gasteiger partial charge is 0.478 e. The molecular weight excluding hydrogens is 284 g/mol. The first-order chi connectivity index (χ1) is 10.5. The zero-order chi connectivity index (χ0) is 15.9. The van der Waals surface area contributed by atoms with Gasteiger partial charge in [0.2, 0.25) is 5.91 Å². The van der Waals surface area contributed by atoms with Gasteiger partial charge in [-0.15, -0.1) is 0 Å². The van der Waals surface area contributed by atoms with Crippen LogP contribution in [0.5, 0.6) is 0 Å². The Kier molecular flexibility index (Phi) is 4.81. The third kappa shape index (κ3) is 4.41. The van der Waals surface area contributed by atoms with Crippen LogP contribution in [0.15, 0.2) is 42.7 Å². The highest BCUT2D eigenvalue weighted by Crippen LogP contribution is 2.19. The van der Waals surface area contributed by atoms with E-state index in [4.69, 9.17) is 10.8 Å². The third-order valence-electron chi connectivity index (χ3n) is 2.67. The molecule has 0 aromatic carbocycles. The summed E-state index contributed by atoms with van der Waals surface area (Å²) in [7, 11) is 0. The Morgan fingerprint density at radius 1 is 1.32 bits per heavy atom. The van der Waals surface area contributed by atoms with Gasteiger partial charge < -0.3 is 16.2 Å². The highest BCUT2D eigenvalue weighted by Gasteiger charge is 2.03. The smallest absolute Gasteiger partial charge is 0.328 e. The van der Waals surface area contributed by atoms with Crippen molar-refractivity contribution < 1.29 is 14.7 Å². The Bertz CT molecular complexity index is 728. The number of rotatable bonds is 6. The summed E-state index contributed by atoms with van der Waals surface area (Å²) in [6, 6.07) is 7.06. The molecule has 112 valence electrons. The molecule has 4 N–H and O–H groups in total. The van der Waals surface area contributed by atoms with Crippen LogP contribution >= 0.6 is 0 Å². The topological polar surface area (TPSA) is 118 Å². The molecule has 0 bridgehead atoms. The number of anilines is 1. The average molecular weight is 298 g/mol. The Morgan fingerprint density at radius 2 is 2.14 bits per heavy atom. The minimum atomic E-state index is -1.03. The van der Waals surface area contributed by atoms with Crippen LogP contribution in [-0.2, 0) is 9.59 Å². The van der Waals surface area contributed by atoms with E-state index in [0.29, 0.717) is 17.1 Å². The van der Waals surface area contributed by atoms with Crippen LogP contribution in [0.2, 0.25) is 0 Å². The van der Waals surface area contributed by atoms with Gasteiger partial charge in [-0.2, -0.15) is 0 Å². The van der Waals surface area contributed by atoms with Crippen LogP contribution < -0.4 is 11.1 Å². The maximum absolute atomic E-state index is 10.8. The van der Waals surface area contributed by atoms with Crippen LogP contribution in [0.3, 0.4) is 0 Å². The Morgan fingerprint density at radius 3 is 2.86 bits per heavy atom. The first-order valence-electron chi connectivity index (χ1n) is 6.40. The molecule has 1 amide bonds. The standard InChI is InChI=1S/C15H14N4O3/c16-13(20)9-18-14-3-1-2-12(19-14)11-6-10(7-17-8-11)4-5-15(21)22/h1-8H,9H2,(H2,16,20)(H,18,19)(H,21,22)/b5-4+. The molecule has 0 spiro atoms. The van der Waals surface area contributed by atoms with E-state index in [1.807, 2.05) is 0 Å². The van der Waals surface area contributed by atoms with Gasteiger partial charge >= 0.3 is 5.97 Å². The lowest BCUT2D eigenvalue weighted by molar-refractivity contribution is -0.131. The number of carboxylic acid groups (broad SMARTS) is 1. The zero-order valence-electron chi connectivity index (χ0n) is 11.6. The molecule has 0 unspecified atom stereocenters. The van der Waals surface area contributed by atoms with E-state index < -0.39 is 11.9 Å². The molecule has 0 saturated heterocycles. The van der Waals surface area contributed by atoms with Gasteiger partial charge in [0, 0.05) is 24.0 Å². The number of nitrogens with zero attached hydrogens (tertiary/aromatic N) is 2. The lowest BCUT2D eigenvalue weighted by atomic mass is 10.1. The number of nitrogens with two attached hydrogens (primary N) is 1. The number of aliphatic carboxylic acids is 1. The number of hydrogen-bond acceptors (Lipinski definition) is 5. The van der Waals surface area contributed by atoms with Gasteiger partial charge in [-0.05, 0) is 29.8 Å². The fraction of sp³-hybridized carbons (Fsp3) is 0.0667. The summed E-state index contributed by atoms with van der Waals surface area (Å²) in [4.78, 5) is 29.7. The van der Waals surface area contributed by atoms with Crippen molar-refractivity contribution in [3.8, 4) is 11.3 Å². The van der Waals surface area contributed by atoms with Crippen LogP contribution in [-0.4, -0.2) is 33.5 Å². The second kappa shape index (κ2) is 6.98. The van der Waals surface area contributed by atoms with Crippen LogP contribution in [0.25, 0.3) is 17.3 Å². The van der Waals surface area contributed by atoms with Gasteiger partial charge in [-0.25, -0.2) is 9.78 Å². The van der Waals surface area contributed by atoms with Crippen LogP contribution in [0, 0.1) is 0 Å². The lowest BCUT2D eigenvalue weighted by Crippen LogP contribution is -2.22. The number of amides is 1. The number of carbonyl (C=O) groups excluding carboxylic acids is 1. The molecule has 0 atom stereocenters. The third-order valence-corrected chi connectivity index (χ3v) is 2.67. The molecular formula is C15H14N4O3. The van der Waals surface area contributed by atoms with Gasteiger partial charge in [-0.1, -0.05) is 6.07 Å². The van der Waals surface area contributed by atoms with E-state index >= 15 is 0 Å². The van der Waals surface area contributed by atoms with Gasteiger partial charge in [0.15, 0.2) is 0 Å². The predicted octanol–water partition coefficient (Wildman–Crippen LogP) is 1.14. The molecule has 0 radical (unpaired) electrons. The molecule has 7 heteroatoms. The SMILES string of the molecule is NC(=O)CNc1cccc(-c2cncc(/C=C/C(=O)O)c2)n1. The Labute approximate surface area is 126 Å². The minimum Gasteiger partial charge on any atom is -0.478 e. The molecule has 0 aliphatic rings. The second-order valence-corrected chi connectivity index (χ2v) is 4.41. The van der Waals surface area contributed by atoms with Crippen molar-refractivity contribution in [3.05, 3.63) is 48.3 Å². The van der Waals surface area contributed by atoms with E-state index in [1.165, 1.54) is 6.08 Å². The highest BCUT2D eigenvalue weighted by atomic mass is 16.4. The number of hydrogen-bond donors (Lipinski definition) is 3. The summed E-state index contributed by atoms with van der Waals surface area (Å²) in [5.74, 6) is -0.987. The molecule has 0 aliphatic heterocycles. The van der Waals surface area contributed by atoms with Gasteiger partial charge in [0.25, 0.3) is 0 Å². The van der Waals surface area contributed by atoms with Crippen molar-refractivity contribution >= 4 is 23.8 Å². The Hall–Kier alpha value is -3.22. The van der Waals surface area contributed by atoms with Crippen LogP contribution in [0.4, 0.5) is 5.82 Å². The van der Waals surface area contributed by atoms with Crippen molar-refractivity contribution in [1.29, 1.82) is 0 Å². The maximum Gasteiger partial charge on any atom is 0.328 e. The fourth-order valence-electron chi connectivity index (χ4n) is 1.73. The fourth-order valence-corrected chi connectivity index (χ4v) is 1.73. The summed E-state index contributed by atoms with van der Waals surface area (Å²) in [6.45, 7) is -0.00388. The Balaban J connectivity index is 2.24. The van der Waals surface area contributed by atoms with Crippen molar-refractivity contribution in [1.82, 2.24) is 9.97 Å². The van der Waals surface area contributed by atoms with Gasteiger partial charge in [0.05, 0.1) is 12.2 Å². The number of carboxylic acids is 1. The molecule has 2 rings (SSSR count). The predicted molar refractivity (Wildman–Crippen MR) is 81.8 cm³/mol. The number of pyridine rings is 2. The number of primary amides is 1. The molecule has 2 aromatic rings. The van der Waals surface area contributed by atoms with Gasteiger partial charge in [0.1, 0.15) is 5.82 Å². The second-order valence-electron chi connectivity index (χ2n) is 4.41. The van der Waals surface area contributed by atoms with E-state index in [-0.39, 0.29) is 6.54 Å². The molecule has 2 aromatic heterocycles. The maximum atomic E-state index is 10.8. The lowest BCUT2D eigenvalue weighted by Gasteiger charge is -2.06. The van der Waals surface area contributed by atoms with E-state index in [2.05, 4.69) is 15.3 Å². The monoisotopic (exact) mass is 298 g/mol. The van der Waals surface area contributed by atoms with Gasteiger partial charge in [-0.3, -0.25) is 9.78 Å². The van der Waals surface area contributed by atoms with Crippen LogP contribution in [0.1, 0.15) is 5.56 Å². The number of carbonyl (C=O) groups is 2. The molecule has 0 saturated carbocycles. The van der Waals surface area contributed by atoms with Crippen molar-refractivity contribution in [2.75, 3.05) is 11.9 Å². The first kappa shape index (κ1) is 15.2. The summed E-state index contributed by atoms with van der Waals surface area (Å²) in [5, 5.41) is 11.4. The van der Waals surface area contributed by atoms with E-state index in [1.54, 1.807) is 36.7 Å². The molecule has 0 aliphatic carbocycles. The zero-order valence-corrected chi connectivity index (χ0v) is 11.6. The summed E-state index contributed by atoms with van der Waals surface area (Å²) in [5.41, 5.74) is 7.10. The quantitative estimate of drug-likeness (QED) is 0.688. The molecule has 7 nitrogen and oxygen atoms in total. The number of nitrogens with one attached hydrogen (secondary N) is 1. The minimum absolute atomic E-state index is 0.00388. The first-order valence-corrected chi connectivity index (χ1v) is 6.40. The van der Waals surface area contributed by atoms with Crippen molar-refractivity contribution in [2.24, 2.45) is 5.73 Å². The van der Waals surface area contributed by atoms with E-state index in [0.717, 1.165) is 11.6 Å². The summed E-state index contributed by atoms with van der Waals surface area (Å²) in [6.07, 6.45) is 5.67. The van der Waals surface area contributed by atoms with E-state index in [9.17, 15) is 9.59 Å². The normalized spacial score (nSPS) is 10.5. The summed E-state index contributed by atoms with van der Waals surface area (Å²) >= 11 is 0. The molecule has 0 fully saturated rings. The average Bonchev–Trinajstić information content (AvgIpc) is 2.51. The summed E-state index contributed by atoms with van der Waals surface area (Å²) < 4.78 is 0. The molecule has 2 heterocycles. The number of aromatic nitrogens is 2. The van der Waals surface area contributed by atoms with Crippen molar-refractivity contribution in [2.45, 2.75) is 0 Å². The van der Waals surface area contributed by atoms with Crippen molar-refractivity contribution in [3.63, 3.8) is 0 Å².